The van der Waals surface area contributed by atoms with Crippen LogP contribution in [0.25, 0.3) is 0 Å². The van der Waals surface area contributed by atoms with Gasteiger partial charge in [-0.05, 0) is 49.6 Å². The molecule has 2 atom stereocenters. The summed E-state index contributed by atoms with van der Waals surface area (Å²) in [6, 6.07) is 14.7. The van der Waals surface area contributed by atoms with Crippen molar-refractivity contribution in [1.29, 1.82) is 0 Å². The molecule has 0 aromatic heterocycles. The number of nitrogens with zero attached hydrogens (tertiary/aromatic N) is 2. The van der Waals surface area contributed by atoms with Crippen LogP contribution in [0.3, 0.4) is 0 Å². The lowest BCUT2D eigenvalue weighted by Gasteiger charge is -2.41. The van der Waals surface area contributed by atoms with Gasteiger partial charge < -0.3 is 19.9 Å². The smallest absolute Gasteiger partial charge is 0.229 e. The third-order valence-electron chi connectivity index (χ3n) is 6.77. The number of ether oxygens (including phenoxy) is 1. The van der Waals surface area contributed by atoms with Crippen LogP contribution in [-0.4, -0.2) is 42.8 Å². The summed E-state index contributed by atoms with van der Waals surface area (Å²) in [7, 11) is 1.61. The first-order chi connectivity index (χ1) is 16.5. The Morgan fingerprint density at radius 3 is 2.50 bits per heavy atom. The normalized spacial score (nSPS) is 20.5. The molecular weight excluding hydrogens is 430 g/mol. The van der Waals surface area contributed by atoms with E-state index in [0.717, 1.165) is 37.1 Å². The Balaban J connectivity index is 1.58. The Morgan fingerprint density at radius 2 is 1.82 bits per heavy atom. The van der Waals surface area contributed by atoms with Gasteiger partial charge in [0.2, 0.25) is 17.7 Å². The van der Waals surface area contributed by atoms with Crippen LogP contribution in [0.1, 0.15) is 57.1 Å². The number of rotatable bonds is 8. The zero-order chi connectivity index (χ0) is 24.1. The van der Waals surface area contributed by atoms with E-state index in [2.05, 4.69) is 12.2 Å². The first kappa shape index (κ1) is 23.8. The van der Waals surface area contributed by atoms with Crippen LogP contribution in [0, 0.1) is 5.92 Å². The molecule has 0 aliphatic carbocycles. The van der Waals surface area contributed by atoms with Crippen molar-refractivity contribution in [3.05, 3.63) is 54.1 Å². The summed E-state index contributed by atoms with van der Waals surface area (Å²) >= 11 is 0. The van der Waals surface area contributed by atoms with E-state index in [9.17, 15) is 14.4 Å². The maximum atomic E-state index is 13.5. The molecule has 2 unspecified atom stereocenters. The van der Waals surface area contributed by atoms with Crippen molar-refractivity contribution in [2.45, 2.75) is 51.5 Å². The molecule has 2 aromatic rings. The maximum absolute atomic E-state index is 13.5. The van der Waals surface area contributed by atoms with E-state index in [0.29, 0.717) is 37.2 Å². The van der Waals surface area contributed by atoms with Crippen LogP contribution in [-0.2, 0) is 14.4 Å². The molecule has 0 radical (unpaired) electrons. The molecule has 7 heteroatoms. The number of likely N-dealkylation sites (tertiary alicyclic amines) is 1. The summed E-state index contributed by atoms with van der Waals surface area (Å²) in [4.78, 5) is 42.1. The summed E-state index contributed by atoms with van der Waals surface area (Å²) < 4.78 is 5.60. The van der Waals surface area contributed by atoms with Gasteiger partial charge in [0, 0.05) is 42.9 Å². The van der Waals surface area contributed by atoms with E-state index in [1.807, 2.05) is 53.4 Å². The Hall–Kier alpha value is -3.35. The van der Waals surface area contributed by atoms with Crippen LogP contribution in [0.4, 0.5) is 11.4 Å². The number of amides is 3. The molecule has 0 spiro atoms. The van der Waals surface area contributed by atoms with Gasteiger partial charge >= 0.3 is 0 Å². The first-order valence-corrected chi connectivity index (χ1v) is 12.2. The topological polar surface area (TPSA) is 79.0 Å². The summed E-state index contributed by atoms with van der Waals surface area (Å²) in [5.74, 6) is 0.380. The number of piperidine rings is 1. The summed E-state index contributed by atoms with van der Waals surface area (Å²) in [6.45, 7) is 3.44. The van der Waals surface area contributed by atoms with Crippen LogP contribution >= 0.6 is 0 Å². The van der Waals surface area contributed by atoms with Crippen LogP contribution < -0.4 is 15.0 Å². The quantitative estimate of drug-likeness (QED) is 0.623. The van der Waals surface area contributed by atoms with Gasteiger partial charge in [0.05, 0.1) is 19.1 Å². The van der Waals surface area contributed by atoms with E-state index in [-0.39, 0.29) is 23.8 Å². The molecule has 2 aliphatic rings. The number of benzene rings is 2. The summed E-state index contributed by atoms with van der Waals surface area (Å²) in [6.07, 6.45) is 4.13. The minimum Gasteiger partial charge on any atom is -0.496 e. The molecule has 0 saturated carbocycles. The number of hydrogen-bond donors (Lipinski definition) is 1. The molecular formula is C27H33N3O4. The second-order valence-electron chi connectivity index (χ2n) is 8.96. The van der Waals surface area contributed by atoms with Crippen molar-refractivity contribution in [3.63, 3.8) is 0 Å². The monoisotopic (exact) mass is 463 g/mol. The molecule has 34 heavy (non-hydrogen) atoms. The van der Waals surface area contributed by atoms with Gasteiger partial charge in [-0.15, -0.1) is 0 Å². The second-order valence-corrected chi connectivity index (χ2v) is 8.96. The molecule has 2 fully saturated rings. The number of methoxy groups -OCH3 is 1. The van der Waals surface area contributed by atoms with E-state index in [1.54, 1.807) is 12.0 Å². The average molecular weight is 464 g/mol. The number of para-hydroxylation sites is 1. The van der Waals surface area contributed by atoms with Gasteiger partial charge in [-0.1, -0.05) is 31.5 Å². The fraction of sp³-hybridized carbons (Fsp3) is 0.444. The number of nitrogens with one attached hydrogen (secondary N) is 1. The molecule has 3 amide bonds. The third-order valence-corrected chi connectivity index (χ3v) is 6.77. The molecule has 4 rings (SSSR count). The van der Waals surface area contributed by atoms with E-state index in [1.165, 1.54) is 0 Å². The lowest BCUT2D eigenvalue weighted by atomic mass is 9.83. The maximum Gasteiger partial charge on any atom is 0.229 e. The predicted molar refractivity (Wildman–Crippen MR) is 132 cm³/mol. The fourth-order valence-corrected chi connectivity index (χ4v) is 5.00. The van der Waals surface area contributed by atoms with Crippen LogP contribution in [0.5, 0.6) is 5.75 Å². The largest absolute Gasteiger partial charge is 0.496 e. The SMILES string of the molecule is CCCCN1C(=O)CCC(C(=O)Nc2ccc(N3CCCC3=O)cc2)C1c1ccccc1OC. The van der Waals surface area contributed by atoms with E-state index < -0.39 is 5.92 Å². The van der Waals surface area contributed by atoms with Crippen molar-refractivity contribution in [2.24, 2.45) is 5.92 Å². The lowest BCUT2D eigenvalue weighted by molar-refractivity contribution is -0.142. The van der Waals surface area contributed by atoms with Crippen LogP contribution in [0.15, 0.2) is 48.5 Å². The minimum absolute atomic E-state index is 0.0769. The Morgan fingerprint density at radius 1 is 1.06 bits per heavy atom. The molecule has 2 aromatic carbocycles. The van der Waals surface area contributed by atoms with Crippen LogP contribution in [0.2, 0.25) is 0 Å². The number of anilines is 2. The fourth-order valence-electron chi connectivity index (χ4n) is 5.00. The zero-order valence-electron chi connectivity index (χ0n) is 20.0. The van der Waals surface area contributed by atoms with Gasteiger partial charge in [0.1, 0.15) is 5.75 Å². The number of hydrogen-bond acceptors (Lipinski definition) is 4. The predicted octanol–water partition coefficient (Wildman–Crippen LogP) is 4.54. The van der Waals surface area contributed by atoms with Gasteiger partial charge in [0.15, 0.2) is 0 Å². The van der Waals surface area contributed by atoms with Crippen molar-refractivity contribution in [1.82, 2.24) is 4.90 Å². The molecule has 2 heterocycles. The van der Waals surface area contributed by atoms with Gasteiger partial charge in [-0.3, -0.25) is 14.4 Å². The highest BCUT2D eigenvalue weighted by Gasteiger charge is 2.41. The highest BCUT2D eigenvalue weighted by Crippen LogP contribution is 2.41. The van der Waals surface area contributed by atoms with Gasteiger partial charge in [-0.2, -0.15) is 0 Å². The Labute approximate surface area is 201 Å². The second kappa shape index (κ2) is 10.7. The Kier molecular flexibility index (Phi) is 7.50. The molecule has 2 saturated heterocycles. The standard InChI is InChI=1S/C27H33N3O4/c1-3-4-17-30-25(32)16-15-22(26(30)21-8-5-6-9-23(21)34-2)27(33)28-19-11-13-20(14-12-19)29-18-7-10-24(29)31/h5-6,8-9,11-14,22,26H,3-4,7,10,15-18H2,1-2H3,(H,28,33). The van der Waals surface area contributed by atoms with Crippen molar-refractivity contribution >= 4 is 29.1 Å². The zero-order valence-corrected chi connectivity index (χ0v) is 20.0. The number of carbonyl (C=O) groups excluding carboxylic acids is 3. The highest BCUT2D eigenvalue weighted by atomic mass is 16.5. The minimum atomic E-state index is -0.398. The summed E-state index contributed by atoms with van der Waals surface area (Å²) in [5, 5.41) is 3.05. The Bertz CT molecular complexity index is 1040. The van der Waals surface area contributed by atoms with Gasteiger partial charge in [0.25, 0.3) is 0 Å². The number of carbonyl (C=O) groups is 3. The molecule has 7 nitrogen and oxygen atoms in total. The van der Waals surface area contributed by atoms with Gasteiger partial charge in [-0.25, -0.2) is 0 Å². The van der Waals surface area contributed by atoms with Crippen molar-refractivity contribution in [2.75, 3.05) is 30.4 Å². The van der Waals surface area contributed by atoms with Crippen molar-refractivity contribution in [3.8, 4) is 5.75 Å². The molecule has 0 bridgehead atoms. The summed E-state index contributed by atoms with van der Waals surface area (Å²) in [5.41, 5.74) is 2.38. The molecule has 2 aliphatic heterocycles. The van der Waals surface area contributed by atoms with E-state index in [4.69, 9.17) is 4.74 Å². The third kappa shape index (κ3) is 4.93. The van der Waals surface area contributed by atoms with Crippen molar-refractivity contribution < 1.29 is 19.1 Å². The van der Waals surface area contributed by atoms with E-state index >= 15 is 0 Å². The first-order valence-electron chi connectivity index (χ1n) is 12.2. The molecule has 180 valence electrons. The highest BCUT2D eigenvalue weighted by molar-refractivity contribution is 5.97. The average Bonchev–Trinajstić information content (AvgIpc) is 3.29. The number of unbranched alkanes of at least 4 members (excludes halogenated alkanes) is 1. The molecule has 1 N–H and O–H groups in total. The lowest BCUT2D eigenvalue weighted by Crippen LogP contribution is -2.47.